The zero-order valence-electron chi connectivity index (χ0n) is 16.9. The Morgan fingerprint density at radius 1 is 1.23 bits per heavy atom. The second-order valence-electron chi connectivity index (χ2n) is 7.04. The number of hydrogen-bond acceptors (Lipinski definition) is 5. The Bertz CT molecular complexity index is 1080. The molecule has 0 aliphatic heterocycles. The molecule has 156 valence electrons. The van der Waals surface area contributed by atoms with E-state index in [1.54, 1.807) is 0 Å². The summed E-state index contributed by atoms with van der Waals surface area (Å²) in [7, 11) is 1.86. The molecule has 0 atom stereocenters. The molecule has 3 aromatic rings. The van der Waals surface area contributed by atoms with E-state index < -0.39 is 4.92 Å². The lowest BCUT2D eigenvalue weighted by Crippen LogP contribution is -2.30. The predicted octanol–water partition coefficient (Wildman–Crippen LogP) is 4.23. The molecule has 3 rings (SSSR count). The number of non-ortho nitro benzene ring substituents is 1. The summed E-state index contributed by atoms with van der Waals surface area (Å²) in [6.07, 6.45) is 0. The molecule has 2 aromatic carbocycles. The van der Waals surface area contributed by atoms with E-state index in [1.807, 2.05) is 60.8 Å². The Morgan fingerprint density at radius 2 is 1.93 bits per heavy atom. The molecular weight excluding hydrogens is 450 g/mol. The summed E-state index contributed by atoms with van der Waals surface area (Å²) >= 11 is 3.26. The number of rotatable bonds is 7. The first-order valence-corrected chi connectivity index (χ1v) is 10.1. The van der Waals surface area contributed by atoms with Crippen molar-refractivity contribution in [2.45, 2.75) is 20.4 Å². The van der Waals surface area contributed by atoms with Gasteiger partial charge in [0.15, 0.2) is 0 Å². The molecule has 0 fully saturated rings. The fourth-order valence-corrected chi connectivity index (χ4v) is 3.67. The molecule has 0 aliphatic rings. The van der Waals surface area contributed by atoms with E-state index in [0.29, 0.717) is 16.7 Å². The standard InChI is InChI=1S/C21H22BrN5O3/c1-14-18(15(2)26(24-14)16-7-5-4-6-8-16)12-25(3)13-21(28)23-20-10-9-17(27(29)30)11-19(20)22/h4-11H,12-13H2,1-3H3,(H,23,28). The quantitative estimate of drug-likeness (QED) is 0.411. The Labute approximate surface area is 182 Å². The fraction of sp³-hybridized carbons (Fsp3) is 0.238. The molecule has 0 spiro atoms. The molecule has 1 aromatic heterocycles. The van der Waals surface area contributed by atoms with Gasteiger partial charge >= 0.3 is 0 Å². The number of aryl methyl sites for hydroxylation is 1. The number of nitrogens with zero attached hydrogens (tertiary/aromatic N) is 4. The molecule has 0 saturated carbocycles. The highest BCUT2D eigenvalue weighted by molar-refractivity contribution is 9.10. The van der Waals surface area contributed by atoms with Crippen LogP contribution in [0.3, 0.4) is 0 Å². The predicted molar refractivity (Wildman–Crippen MR) is 119 cm³/mol. The third kappa shape index (κ3) is 4.92. The van der Waals surface area contributed by atoms with Crippen molar-refractivity contribution < 1.29 is 9.72 Å². The molecule has 1 N–H and O–H groups in total. The van der Waals surface area contributed by atoms with Crippen molar-refractivity contribution in [3.63, 3.8) is 0 Å². The van der Waals surface area contributed by atoms with Gasteiger partial charge < -0.3 is 5.32 Å². The van der Waals surface area contributed by atoms with Crippen LogP contribution in [0.2, 0.25) is 0 Å². The van der Waals surface area contributed by atoms with Gasteiger partial charge in [-0.05, 0) is 55.0 Å². The maximum absolute atomic E-state index is 12.5. The van der Waals surface area contributed by atoms with Gasteiger partial charge in [0.1, 0.15) is 0 Å². The van der Waals surface area contributed by atoms with E-state index in [4.69, 9.17) is 0 Å². The van der Waals surface area contributed by atoms with E-state index >= 15 is 0 Å². The van der Waals surface area contributed by atoms with Crippen LogP contribution in [-0.2, 0) is 11.3 Å². The highest BCUT2D eigenvalue weighted by atomic mass is 79.9. The Hall–Kier alpha value is -3.04. The number of carbonyl (C=O) groups is 1. The van der Waals surface area contributed by atoms with Crippen molar-refractivity contribution in [3.8, 4) is 5.69 Å². The van der Waals surface area contributed by atoms with Crippen LogP contribution in [0.1, 0.15) is 17.0 Å². The maximum Gasteiger partial charge on any atom is 0.270 e. The third-order valence-electron chi connectivity index (χ3n) is 4.72. The molecule has 0 unspecified atom stereocenters. The van der Waals surface area contributed by atoms with Crippen molar-refractivity contribution in [2.75, 3.05) is 18.9 Å². The van der Waals surface area contributed by atoms with E-state index in [9.17, 15) is 14.9 Å². The number of nitro groups is 1. The molecule has 30 heavy (non-hydrogen) atoms. The van der Waals surface area contributed by atoms with Crippen molar-refractivity contribution in [1.82, 2.24) is 14.7 Å². The normalized spacial score (nSPS) is 11.0. The molecule has 0 saturated heterocycles. The fourth-order valence-electron chi connectivity index (χ4n) is 3.20. The van der Waals surface area contributed by atoms with Crippen LogP contribution in [0, 0.1) is 24.0 Å². The Kier molecular flexibility index (Phi) is 6.63. The summed E-state index contributed by atoms with van der Waals surface area (Å²) in [6, 6.07) is 14.1. The number of nitro benzene ring substituents is 1. The Morgan fingerprint density at radius 3 is 2.57 bits per heavy atom. The summed E-state index contributed by atoms with van der Waals surface area (Å²) in [4.78, 5) is 24.7. The van der Waals surface area contributed by atoms with Crippen LogP contribution in [0.5, 0.6) is 0 Å². The van der Waals surface area contributed by atoms with Crippen LogP contribution in [0.15, 0.2) is 53.0 Å². The number of likely N-dealkylation sites (N-methyl/N-ethyl adjacent to an activating group) is 1. The summed E-state index contributed by atoms with van der Waals surface area (Å²) in [6.45, 7) is 4.71. The average molecular weight is 472 g/mol. The van der Waals surface area contributed by atoms with Crippen LogP contribution in [-0.4, -0.2) is 39.1 Å². The molecular formula is C21H22BrN5O3. The second-order valence-corrected chi connectivity index (χ2v) is 7.89. The summed E-state index contributed by atoms with van der Waals surface area (Å²) in [5, 5.41) is 18.3. The zero-order chi connectivity index (χ0) is 21.8. The molecule has 1 heterocycles. The number of aromatic nitrogens is 2. The largest absolute Gasteiger partial charge is 0.324 e. The Balaban J connectivity index is 1.66. The van der Waals surface area contributed by atoms with E-state index in [2.05, 4.69) is 26.3 Å². The summed E-state index contributed by atoms with van der Waals surface area (Å²) in [5.41, 5.74) is 4.46. The van der Waals surface area contributed by atoms with E-state index in [0.717, 1.165) is 22.6 Å². The van der Waals surface area contributed by atoms with E-state index in [-0.39, 0.29) is 18.1 Å². The SMILES string of the molecule is Cc1nn(-c2ccccc2)c(C)c1CN(C)CC(=O)Nc1ccc([N+](=O)[O-])cc1Br. The average Bonchev–Trinajstić information content (AvgIpc) is 2.98. The zero-order valence-corrected chi connectivity index (χ0v) is 18.5. The van der Waals surface area contributed by atoms with Gasteiger partial charge in [-0.2, -0.15) is 5.10 Å². The number of para-hydroxylation sites is 1. The lowest BCUT2D eigenvalue weighted by atomic mass is 10.2. The monoisotopic (exact) mass is 471 g/mol. The minimum absolute atomic E-state index is 0.0432. The second kappa shape index (κ2) is 9.19. The van der Waals surface area contributed by atoms with Crippen molar-refractivity contribution in [1.29, 1.82) is 0 Å². The molecule has 8 nitrogen and oxygen atoms in total. The van der Waals surface area contributed by atoms with Crippen LogP contribution >= 0.6 is 15.9 Å². The van der Waals surface area contributed by atoms with Gasteiger partial charge in [-0.15, -0.1) is 0 Å². The smallest absolute Gasteiger partial charge is 0.270 e. The highest BCUT2D eigenvalue weighted by Gasteiger charge is 2.17. The third-order valence-corrected chi connectivity index (χ3v) is 5.38. The van der Waals surface area contributed by atoms with Crippen molar-refractivity contribution in [3.05, 3.63) is 80.1 Å². The van der Waals surface area contributed by atoms with Gasteiger partial charge in [0.2, 0.25) is 5.91 Å². The van der Waals surface area contributed by atoms with Crippen LogP contribution in [0.25, 0.3) is 5.69 Å². The van der Waals surface area contributed by atoms with Crippen LogP contribution in [0.4, 0.5) is 11.4 Å². The first kappa shape index (κ1) is 21.7. The number of benzene rings is 2. The topological polar surface area (TPSA) is 93.3 Å². The number of nitrogens with one attached hydrogen (secondary N) is 1. The lowest BCUT2D eigenvalue weighted by Gasteiger charge is -2.17. The van der Waals surface area contributed by atoms with Gasteiger partial charge in [-0.3, -0.25) is 19.8 Å². The highest BCUT2D eigenvalue weighted by Crippen LogP contribution is 2.27. The number of carbonyl (C=O) groups excluding carboxylic acids is 1. The van der Waals surface area contributed by atoms with E-state index in [1.165, 1.54) is 18.2 Å². The van der Waals surface area contributed by atoms with Gasteiger partial charge in [0.05, 0.1) is 28.5 Å². The molecule has 9 heteroatoms. The molecule has 1 amide bonds. The summed E-state index contributed by atoms with van der Waals surface area (Å²) < 4.78 is 2.37. The number of anilines is 1. The molecule has 0 radical (unpaired) electrons. The number of amides is 1. The van der Waals surface area contributed by atoms with Crippen molar-refractivity contribution >= 4 is 33.2 Å². The van der Waals surface area contributed by atoms with Crippen LogP contribution < -0.4 is 5.32 Å². The lowest BCUT2D eigenvalue weighted by molar-refractivity contribution is -0.384. The van der Waals surface area contributed by atoms with Gasteiger partial charge in [-0.25, -0.2) is 4.68 Å². The molecule has 0 bridgehead atoms. The minimum atomic E-state index is -0.482. The van der Waals surface area contributed by atoms with Crippen molar-refractivity contribution in [2.24, 2.45) is 0 Å². The van der Waals surface area contributed by atoms with Gasteiger partial charge in [-0.1, -0.05) is 18.2 Å². The first-order chi connectivity index (χ1) is 14.3. The summed E-state index contributed by atoms with van der Waals surface area (Å²) in [5.74, 6) is -0.210. The van der Waals surface area contributed by atoms with Gasteiger partial charge in [0.25, 0.3) is 5.69 Å². The molecule has 0 aliphatic carbocycles. The number of hydrogen-bond donors (Lipinski definition) is 1. The first-order valence-electron chi connectivity index (χ1n) is 9.29. The number of halogens is 1. The maximum atomic E-state index is 12.5. The minimum Gasteiger partial charge on any atom is -0.324 e. The van der Waals surface area contributed by atoms with Gasteiger partial charge in [0, 0.05) is 34.4 Å².